The van der Waals surface area contributed by atoms with Crippen molar-refractivity contribution < 1.29 is 4.79 Å². The predicted octanol–water partition coefficient (Wildman–Crippen LogP) is 5.56. The Bertz CT molecular complexity index is 1020. The van der Waals surface area contributed by atoms with Gasteiger partial charge in [0.15, 0.2) is 4.80 Å². The van der Waals surface area contributed by atoms with Gasteiger partial charge >= 0.3 is 0 Å². The molecular weight excluding hydrogens is 375 g/mol. The van der Waals surface area contributed by atoms with Crippen LogP contribution >= 0.6 is 34.5 Å². The average molecular weight is 391 g/mol. The molecule has 3 aromatic rings. The molecule has 0 aliphatic heterocycles. The van der Waals surface area contributed by atoms with Crippen molar-refractivity contribution in [2.45, 2.75) is 19.9 Å². The first-order valence-corrected chi connectivity index (χ1v) is 9.46. The van der Waals surface area contributed by atoms with Crippen molar-refractivity contribution in [3.8, 4) is 0 Å². The highest BCUT2D eigenvalue weighted by Gasteiger charge is 2.07. The van der Waals surface area contributed by atoms with Crippen LogP contribution in [-0.4, -0.2) is 10.5 Å². The first kappa shape index (κ1) is 17.9. The van der Waals surface area contributed by atoms with E-state index in [0.717, 1.165) is 28.7 Å². The number of fused-ring (bicyclic) bond motifs is 1. The van der Waals surface area contributed by atoms with Crippen LogP contribution in [0, 0.1) is 0 Å². The topological polar surface area (TPSA) is 34.4 Å². The molecule has 0 fully saturated rings. The number of hydrogen-bond acceptors (Lipinski definition) is 2. The lowest BCUT2D eigenvalue weighted by Gasteiger charge is -2.02. The molecule has 0 N–H and O–H groups in total. The van der Waals surface area contributed by atoms with Crippen molar-refractivity contribution in [2.75, 3.05) is 0 Å². The maximum atomic E-state index is 12.3. The van der Waals surface area contributed by atoms with Crippen LogP contribution in [0.15, 0.2) is 53.5 Å². The number of hydrogen-bond donors (Lipinski definition) is 0. The summed E-state index contributed by atoms with van der Waals surface area (Å²) in [6.45, 7) is 2.89. The first-order chi connectivity index (χ1) is 12.1. The van der Waals surface area contributed by atoms with E-state index in [1.165, 1.54) is 17.4 Å². The molecule has 0 bridgehead atoms. The van der Waals surface area contributed by atoms with Gasteiger partial charge in [-0.15, -0.1) is 0 Å². The van der Waals surface area contributed by atoms with Crippen LogP contribution in [0.1, 0.15) is 18.9 Å². The lowest BCUT2D eigenvalue weighted by atomic mass is 10.2. The van der Waals surface area contributed by atoms with Crippen molar-refractivity contribution in [1.82, 2.24) is 4.57 Å². The molecule has 3 nitrogen and oxygen atoms in total. The van der Waals surface area contributed by atoms with Crippen LogP contribution in [0.25, 0.3) is 16.3 Å². The predicted molar refractivity (Wildman–Crippen MR) is 106 cm³/mol. The van der Waals surface area contributed by atoms with Crippen molar-refractivity contribution in [3.63, 3.8) is 0 Å². The molecule has 0 saturated heterocycles. The van der Waals surface area contributed by atoms with Gasteiger partial charge < -0.3 is 4.57 Å². The Labute approximate surface area is 159 Å². The maximum absolute atomic E-state index is 12.3. The number of nitrogens with zero attached hydrogens (tertiary/aromatic N) is 2. The fourth-order valence-electron chi connectivity index (χ4n) is 2.47. The minimum Gasteiger partial charge on any atom is -0.316 e. The Hall–Kier alpha value is -1.88. The minimum atomic E-state index is -0.317. The summed E-state index contributed by atoms with van der Waals surface area (Å²) in [5.74, 6) is -0.317. The van der Waals surface area contributed by atoms with Gasteiger partial charge in [0.2, 0.25) is 0 Å². The van der Waals surface area contributed by atoms with Gasteiger partial charge in [0.05, 0.1) is 10.2 Å². The number of thiazole rings is 1. The van der Waals surface area contributed by atoms with Gasteiger partial charge in [0.1, 0.15) is 0 Å². The zero-order chi connectivity index (χ0) is 17.8. The van der Waals surface area contributed by atoms with Crippen LogP contribution < -0.4 is 4.80 Å². The van der Waals surface area contributed by atoms with E-state index in [1.807, 2.05) is 36.4 Å². The van der Waals surface area contributed by atoms with Crippen LogP contribution in [0.3, 0.4) is 0 Å². The molecule has 0 saturated carbocycles. The highest BCUT2D eigenvalue weighted by Crippen LogP contribution is 2.22. The first-order valence-electron chi connectivity index (χ1n) is 7.88. The summed E-state index contributed by atoms with van der Waals surface area (Å²) in [6, 6.07) is 13.1. The maximum Gasteiger partial charge on any atom is 0.272 e. The normalized spacial score (nSPS) is 12.4. The van der Waals surface area contributed by atoms with Crippen molar-refractivity contribution in [2.24, 2.45) is 4.99 Å². The van der Waals surface area contributed by atoms with Crippen molar-refractivity contribution in [1.29, 1.82) is 0 Å². The summed E-state index contributed by atoms with van der Waals surface area (Å²) >= 11 is 13.6. The monoisotopic (exact) mass is 390 g/mol. The molecule has 1 heterocycles. The summed E-state index contributed by atoms with van der Waals surface area (Å²) in [6.07, 6.45) is 4.07. The van der Waals surface area contributed by atoms with E-state index in [0.29, 0.717) is 14.8 Å². The molecule has 6 heteroatoms. The van der Waals surface area contributed by atoms with Gasteiger partial charge in [-0.05, 0) is 42.3 Å². The molecule has 0 atom stereocenters. The van der Waals surface area contributed by atoms with Gasteiger partial charge in [-0.3, -0.25) is 4.79 Å². The van der Waals surface area contributed by atoms with Crippen LogP contribution in [0.4, 0.5) is 0 Å². The van der Waals surface area contributed by atoms with Crippen LogP contribution in [0.5, 0.6) is 0 Å². The third kappa shape index (κ3) is 4.21. The number of rotatable bonds is 4. The second-order valence-electron chi connectivity index (χ2n) is 5.45. The highest BCUT2D eigenvalue weighted by molar-refractivity contribution is 7.16. The fraction of sp³-hybridized carbons (Fsp3) is 0.158. The lowest BCUT2D eigenvalue weighted by molar-refractivity contribution is -0.113. The quantitative estimate of drug-likeness (QED) is 0.536. The molecule has 2 aromatic carbocycles. The molecule has 0 aliphatic rings. The number of aromatic nitrogens is 1. The Morgan fingerprint density at radius 2 is 2.04 bits per heavy atom. The Kier molecular flexibility index (Phi) is 5.74. The van der Waals surface area contributed by atoms with Gasteiger partial charge in [-0.1, -0.05) is 59.7 Å². The van der Waals surface area contributed by atoms with E-state index < -0.39 is 0 Å². The smallest absolute Gasteiger partial charge is 0.272 e. The lowest BCUT2D eigenvalue weighted by Crippen LogP contribution is -2.16. The second kappa shape index (κ2) is 8.00. The largest absolute Gasteiger partial charge is 0.316 e. The molecule has 3 rings (SSSR count). The van der Waals surface area contributed by atoms with Crippen LogP contribution in [-0.2, 0) is 11.3 Å². The number of aryl methyl sites for hydroxylation is 1. The van der Waals surface area contributed by atoms with Gasteiger partial charge in [0, 0.05) is 22.7 Å². The second-order valence-corrected chi connectivity index (χ2v) is 7.31. The molecule has 0 radical (unpaired) electrons. The number of benzene rings is 2. The molecule has 0 unspecified atom stereocenters. The van der Waals surface area contributed by atoms with E-state index in [9.17, 15) is 4.79 Å². The molecule has 25 heavy (non-hydrogen) atoms. The summed E-state index contributed by atoms with van der Waals surface area (Å²) in [5.41, 5.74) is 1.83. The standard InChI is InChI=1S/C19H16Cl2N2OS/c1-2-11-23-16-9-8-14(20)12-17(16)25-19(23)22-18(24)10-7-13-5-3-4-6-15(13)21/h3-10,12H,2,11H2,1H3/b10-7+,22-19?. The van der Waals surface area contributed by atoms with E-state index >= 15 is 0 Å². The summed E-state index contributed by atoms with van der Waals surface area (Å²) < 4.78 is 3.07. The summed E-state index contributed by atoms with van der Waals surface area (Å²) in [4.78, 5) is 17.2. The third-order valence-corrected chi connectivity index (χ3v) is 5.23. The van der Waals surface area contributed by atoms with Gasteiger partial charge in [-0.25, -0.2) is 0 Å². The zero-order valence-electron chi connectivity index (χ0n) is 13.6. The molecular formula is C19H16Cl2N2OS. The third-order valence-electron chi connectivity index (χ3n) is 3.61. The van der Waals surface area contributed by atoms with Crippen molar-refractivity contribution >= 4 is 56.7 Å². The SMILES string of the molecule is CCCn1c(=NC(=O)/C=C/c2ccccc2Cl)sc2cc(Cl)ccc21. The van der Waals surface area contributed by atoms with E-state index in [1.54, 1.807) is 12.1 Å². The Morgan fingerprint density at radius 3 is 2.80 bits per heavy atom. The molecule has 1 amide bonds. The molecule has 1 aromatic heterocycles. The molecule has 0 aliphatic carbocycles. The average Bonchev–Trinajstić information content (AvgIpc) is 2.91. The highest BCUT2D eigenvalue weighted by atomic mass is 35.5. The fourth-order valence-corrected chi connectivity index (χ4v) is 4.01. The van der Waals surface area contributed by atoms with Crippen molar-refractivity contribution in [3.05, 3.63) is 69.0 Å². The summed E-state index contributed by atoms with van der Waals surface area (Å²) in [5, 5.41) is 1.28. The minimum absolute atomic E-state index is 0.317. The van der Waals surface area contributed by atoms with E-state index in [-0.39, 0.29) is 5.91 Å². The van der Waals surface area contributed by atoms with Crippen LogP contribution in [0.2, 0.25) is 10.0 Å². The van der Waals surface area contributed by atoms with Gasteiger partial charge in [0.25, 0.3) is 5.91 Å². The number of amides is 1. The number of halogens is 2. The van der Waals surface area contributed by atoms with Gasteiger partial charge in [-0.2, -0.15) is 4.99 Å². The van der Waals surface area contributed by atoms with E-state index in [4.69, 9.17) is 23.2 Å². The number of carbonyl (C=O) groups is 1. The summed E-state index contributed by atoms with van der Waals surface area (Å²) in [7, 11) is 0. The molecule has 128 valence electrons. The Balaban J connectivity index is 1.98. The van der Waals surface area contributed by atoms with E-state index in [2.05, 4.69) is 16.5 Å². The number of carbonyl (C=O) groups excluding carboxylic acids is 1. The molecule has 0 spiro atoms. The Morgan fingerprint density at radius 1 is 1.24 bits per heavy atom. The zero-order valence-corrected chi connectivity index (χ0v) is 15.9.